The van der Waals surface area contributed by atoms with E-state index in [0.29, 0.717) is 12.2 Å². The number of hydrogen-bond acceptors (Lipinski definition) is 3. The van der Waals surface area contributed by atoms with Gasteiger partial charge in [0.2, 0.25) is 0 Å². The maximum atomic E-state index is 12.3. The van der Waals surface area contributed by atoms with Crippen molar-refractivity contribution in [2.24, 2.45) is 0 Å². The number of amides is 1. The highest BCUT2D eigenvalue weighted by Crippen LogP contribution is 2.15. The van der Waals surface area contributed by atoms with Crippen molar-refractivity contribution in [2.45, 2.75) is 33.2 Å². The van der Waals surface area contributed by atoms with E-state index in [0.717, 1.165) is 37.2 Å². The molecule has 0 radical (unpaired) electrons. The van der Waals surface area contributed by atoms with Gasteiger partial charge in [0.1, 0.15) is 5.69 Å². The van der Waals surface area contributed by atoms with E-state index >= 15 is 0 Å². The molecule has 0 fully saturated rings. The largest absolute Gasteiger partial charge is 0.371 e. The summed E-state index contributed by atoms with van der Waals surface area (Å²) in [7, 11) is 0. The Labute approximate surface area is 138 Å². The first-order valence-corrected chi connectivity index (χ1v) is 8.27. The van der Waals surface area contributed by atoms with Crippen molar-refractivity contribution in [3.63, 3.8) is 0 Å². The van der Waals surface area contributed by atoms with Crippen molar-refractivity contribution in [3.05, 3.63) is 59.9 Å². The molecule has 0 aliphatic heterocycles. The van der Waals surface area contributed by atoms with E-state index in [-0.39, 0.29) is 5.91 Å². The van der Waals surface area contributed by atoms with Crippen LogP contribution in [0.1, 0.15) is 42.7 Å². The summed E-state index contributed by atoms with van der Waals surface area (Å²) < 4.78 is 0. The van der Waals surface area contributed by atoms with E-state index in [2.05, 4.69) is 29.0 Å². The molecule has 2 aromatic rings. The molecule has 4 nitrogen and oxygen atoms in total. The van der Waals surface area contributed by atoms with Gasteiger partial charge in [-0.25, -0.2) is 0 Å². The van der Waals surface area contributed by atoms with Crippen molar-refractivity contribution >= 4 is 11.6 Å². The number of rotatable bonds is 8. The number of nitrogens with one attached hydrogen (secondary N) is 1. The van der Waals surface area contributed by atoms with Crippen molar-refractivity contribution < 1.29 is 4.79 Å². The number of pyridine rings is 1. The van der Waals surface area contributed by atoms with Gasteiger partial charge in [-0.3, -0.25) is 9.78 Å². The summed E-state index contributed by atoms with van der Waals surface area (Å²) in [6, 6.07) is 13.7. The lowest BCUT2D eigenvalue weighted by Gasteiger charge is -2.23. The lowest BCUT2D eigenvalue weighted by Crippen LogP contribution is -2.27. The highest BCUT2D eigenvalue weighted by molar-refractivity contribution is 5.93. The summed E-state index contributed by atoms with van der Waals surface area (Å²) in [4.78, 5) is 18.8. The van der Waals surface area contributed by atoms with Gasteiger partial charge >= 0.3 is 0 Å². The van der Waals surface area contributed by atoms with Crippen molar-refractivity contribution in [1.29, 1.82) is 0 Å². The molecule has 1 heterocycles. The molecule has 2 rings (SSSR count). The van der Waals surface area contributed by atoms with Crippen LogP contribution in [0.2, 0.25) is 0 Å². The number of carbonyl (C=O) groups excluding carboxylic acids is 1. The first-order chi connectivity index (χ1) is 11.2. The third-order valence-corrected chi connectivity index (χ3v) is 3.62. The van der Waals surface area contributed by atoms with Gasteiger partial charge in [-0.05, 0) is 30.5 Å². The Bertz CT molecular complexity index is 607. The average Bonchev–Trinajstić information content (AvgIpc) is 2.60. The quantitative estimate of drug-likeness (QED) is 0.809. The molecular formula is C19H25N3O. The Morgan fingerprint density at radius 1 is 1.09 bits per heavy atom. The molecule has 0 bridgehead atoms. The molecule has 1 aromatic heterocycles. The molecule has 4 heteroatoms. The van der Waals surface area contributed by atoms with Gasteiger partial charge in [-0.1, -0.05) is 44.2 Å². The molecule has 0 spiro atoms. The number of aromatic nitrogens is 1. The predicted molar refractivity (Wildman–Crippen MR) is 94.6 cm³/mol. The number of anilines is 1. The monoisotopic (exact) mass is 311 g/mol. The summed E-state index contributed by atoms with van der Waals surface area (Å²) >= 11 is 0. The van der Waals surface area contributed by atoms with Gasteiger partial charge in [-0.2, -0.15) is 0 Å². The fourth-order valence-electron chi connectivity index (χ4n) is 2.52. The molecular weight excluding hydrogens is 286 g/mol. The first kappa shape index (κ1) is 17.0. The van der Waals surface area contributed by atoms with Crippen LogP contribution in [-0.4, -0.2) is 24.0 Å². The normalized spacial score (nSPS) is 10.3. The van der Waals surface area contributed by atoms with Crippen LogP contribution in [0.3, 0.4) is 0 Å². The molecule has 122 valence electrons. The molecule has 0 atom stereocenters. The lowest BCUT2D eigenvalue weighted by molar-refractivity contribution is 0.0946. The van der Waals surface area contributed by atoms with E-state index in [1.807, 2.05) is 42.5 Å². The Kier molecular flexibility index (Phi) is 6.60. The number of benzene rings is 1. The minimum Gasteiger partial charge on any atom is -0.371 e. The van der Waals surface area contributed by atoms with Crippen LogP contribution in [0.25, 0.3) is 0 Å². The molecule has 0 saturated heterocycles. The maximum absolute atomic E-state index is 12.3. The zero-order valence-electron chi connectivity index (χ0n) is 14.0. The number of nitrogens with zero attached hydrogens (tertiary/aromatic N) is 2. The fraction of sp³-hybridized carbons (Fsp3) is 0.368. The van der Waals surface area contributed by atoms with Crippen molar-refractivity contribution in [2.75, 3.05) is 18.0 Å². The van der Waals surface area contributed by atoms with E-state index < -0.39 is 0 Å². The highest BCUT2D eigenvalue weighted by atomic mass is 16.1. The van der Waals surface area contributed by atoms with Crippen LogP contribution < -0.4 is 10.2 Å². The average molecular weight is 311 g/mol. The molecule has 0 unspecified atom stereocenters. The number of carbonyl (C=O) groups is 1. The summed E-state index contributed by atoms with van der Waals surface area (Å²) in [5, 5.41) is 2.93. The van der Waals surface area contributed by atoms with Crippen molar-refractivity contribution in [3.8, 4) is 0 Å². The van der Waals surface area contributed by atoms with Gasteiger partial charge in [0.05, 0.1) is 0 Å². The van der Waals surface area contributed by atoms with E-state index in [1.54, 1.807) is 6.20 Å². The molecule has 23 heavy (non-hydrogen) atoms. The second kappa shape index (κ2) is 8.93. The van der Waals surface area contributed by atoms with Crippen LogP contribution in [0.4, 0.5) is 5.69 Å². The fourth-order valence-corrected chi connectivity index (χ4v) is 2.52. The van der Waals surface area contributed by atoms with Crippen LogP contribution in [-0.2, 0) is 6.54 Å². The van der Waals surface area contributed by atoms with Gasteiger partial charge in [0.25, 0.3) is 5.91 Å². The second-order valence-electron chi connectivity index (χ2n) is 5.55. The summed E-state index contributed by atoms with van der Waals surface area (Å²) in [6.07, 6.45) is 3.88. The smallest absolute Gasteiger partial charge is 0.270 e. The standard InChI is InChI=1S/C19H25N3O/c1-3-12-22(13-4-2)17-10-11-20-18(14-17)19(23)21-15-16-8-6-5-7-9-16/h5-11,14H,3-4,12-13,15H2,1-2H3,(H,21,23). The Morgan fingerprint density at radius 2 is 1.78 bits per heavy atom. The summed E-state index contributed by atoms with van der Waals surface area (Å²) in [5.74, 6) is -0.136. The van der Waals surface area contributed by atoms with Gasteiger partial charge < -0.3 is 10.2 Å². The maximum Gasteiger partial charge on any atom is 0.270 e. The molecule has 1 aromatic carbocycles. The number of hydrogen-bond donors (Lipinski definition) is 1. The summed E-state index contributed by atoms with van der Waals surface area (Å²) in [5.41, 5.74) is 2.61. The highest BCUT2D eigenvalue weighted by Gasteiger charge is 2.11. The van der Waals surface area contributed by atoms with E-state index in [4.69, 9.17) is 0 Å². The Morgan fingerprint density at radius 3 is 2.43 bits per heavy atom. The summed E-state index contributed by atoms with van der Waals surface area (Å²) in [6.45, 7) is 6.82. The van der Waals surface area contributed by atoms with Crippen LogP contribution >= 0.6 is 0 Å². The molecule has 0 aliphatic rings. The van der Waals surface area contributed by atoms with Gasteiger partial charge in [0, 0.05) is 31.5 Å². The van der Waals surface area contributed by atoms with Gasteiger partial charge in [-0.15, -0.1) is 0 Å². The third kappa shape index (κ3) is 5.09. The molecule has 0 aliphatic carbocycles. The topological polar surface area (TPSA) is 45.2 Å². The Balaban J connectivity index is 2.04. The van der Waals surface area contributed by atoms with Gasteiger partial charge in [0.15, 0.2) is 0 Å². The van der Waals surface area contributed by atoms with E-state index in [9.17, 15) is 4.79 Å². The van der Waals surface area contributed by atoms with Crippen LogP contribution in [0.15, 0.2) is 48.7 Å². The zero-order chi connectivity index (χ0) is 16.5. The van der Waals surface area contributed by atoms with Crippen LogP contribution in [0.5, 0.6) is 0 Å². The van der Waals surface area contributed by atoms with E-state index in [1.165, 1.54) is 0 Å². The van der Waals surface area contributed by atoms with Crippen molar-refractivity contribution in [1.82, 2.24) is 10.3 Å². The molecule has 0 saturated carbocycles. The SMILES string of the molecule is CCCN(CCC)c1ccnc(C(=O)NCc2ccccc2)c1. The minimum absolute atomic E-state index is 0.136. The zero-order valence-corrected chi connectivity index (χ0v) is 14.0. The second-order valence-corrected chi connectivity index (χ2v) is 5.55. The third-order valence-electron chi connectivity index (χ3n) is 3.62. The lowest BCUT2D eigenvalue weighted by atomic mass is 10.2. The predicted octanol–water partition coefficient (Wildman–Crippen LogP) is 3.64. The minimum atomic E-state index is -0.136. The van der Waals surface area contributed by atoms with Crippen LogP contribution in [0, 0.1) is 0 Å². The Hall–Kier alpha value is -2.36. The molecule has 1 amide bonds. The molecule has 1 N–H and O–H groups in total. The first-order valence-electron chi connectivity index (χ1n) is 8.27.